The molecule has 1 heterocycles. The fourth-order valence-corrected chi connectivity index (χ4v) is 5.95. The predicted molar refractivity (Wildman–Crippen MR) is 98.2 cm³/mol. The molecular formula is C21H30N2O3. The van der Waals surface area contributed by atoms with Gasteiger partial charge in [-0.05, 0) is 81.8 Å². The van der Waals surface area contributed by atoms with Gasteiger partial charge in [0.15, 0.2) is 0 Å². The highest BCUT2D eigenvalue weighted by Gasteiger charge is 2.54. The molecule has 4 saturated carbocycles. The fourth-order valence-electron chi connectivity index (χ4n) is 5.95. The van der Waals surface area contributed by atoms with Gasteiger partial charge >= 0.3 is 0 Å². The summed E-state index contributed by atoms with van der Waals surface area (Å²) >= 11 is 0. The Morgan fingerprint density at radius 3 is 2.42 bits per heavy atom. The van der Waals surface area contributed by atoms with Gasteiger partial charge in [-0.2, -0.15) is 0 Å². The summed E-state index contributed by atoms with van der Waals surface area (Å²) in [6, 6.07) is 3.88. The third-order valence-corrected chi connectivity index (χ3v) is 6.74. The summed E-state index contributed by atoms with van der Waals surface area (Å²) in [6.45, 7) is 2.08. The number of carbonyl (C=O) groups is 2. The summed E-state index contributed by atoms with van der Waals surface area (Å²) in [6.07, 6.45) is 10.3. The van der Waals surface area contributed by atoms with Crippen LogP contribution in [-0.4, -0.2) is 24.4 Å². The van der Waals surface area contributed by atoms with Crippen molar-refractivity contribution in [2.45, 2.75) is 64.3 Å². The summed E-state index contributed by atoms with van der Waals surface area (Å²) in [5, 5.41) is 5.92. The predicted octanol–water partition coefficient (Wildman–Crippen LogP) is 3.05. The Labute approximate surface area is 155 Å². The Hall–Kier alpha value is -1.78. The van der Waals surface area contributed by atoms with E-state index in [9.17, 15) is 9.59 Å². The number of hydrogen-bond donors (Lipinski definition) is 2. The molecule has 4 fully saturated rings. The van der Waals surface area contributed by atoms with Gasteiger partial charge in [-0.25, -0.2) is 0 Å². The molecule has 1 atom stereocenters. The standard InChI is InChI=1S/C21H30N2O3/c1-14(4-5-18-3-2-6-26-18)23-19(24)13-22-20(25)21-10-15-7-16(11-21)9-17(8-15)12-21/h2-3,6,14-17H,4-5,7-13H2,1H3,(H,22,25)(H,23,24). The van der Waals surface area contributed by atoms with E-state index in [1.54, 1.807) is 6.26 Å². The van der Waals surface area contributed by atoms with Crippen molar-refractivity contribution in [2.75, 3.05) is 6.54 Å². The van der Waals surface area contributed by atoms with Crippen molar-refractivity contribution in [3.8, 4) is 0 Å². The Balaban J connectivity index is 1.22. The SMILES string of the molecule is CC(CCc1ccco1)NC(=O)CNC(=O)C12CC3CC(CC(C3)C1)C2. The van der Waals surface area contributed by atoms with Crippen molar-refractivity contribution >= 4 is 11.8 Å². The van der Waals surface area contributed by atoms with Gasteiger partial charge in [0, 0.05) is 17.9 Å². The van der Waals surface area contributed by atoms with Crippen molar-refractivity contribution in [2.24, 2.45) is 23.2 Å². The molecule has 142 valence electrons. The van der Waals surface area contributed by atoms with Gasteiger partial charge in [-0.1, -0.05) is 0 Å². The molecular weight excluding hydrogens is 328 g/mol. The lowest BCUT2D eigenvalue weighted by Gasteiger charge is -2.55. The first-order chi connectivity index (χ1) is 12.5. The minimum atomic E-state index is -0.181. The highest BCUT2D eigenvalue weighted by molar-refractivity contribution is 5.88. The summed E-state index contributed by atoms with van der Waals surface area (Å²) in [7, 11) is 0. The maximum absolute atomic E-state index is 12.9. The number of amides is 2. The second-order valence-corrected chi connectivity index (χ2v) is 8.97. The first-order valence-electron chi connectivity index (χ1n) is 10.1. The lowest BCUT2D eigenvalue weighted by molar-refractivity contribution is -0.147. The van der Waals surface area contributed by atoms with E-state index < -0.39 is 0 Å². The van der Waals surface area contributed by atoms with Crippen LogP contribution in [0.5, 0.6) is 0 Å². The third kappa shape index (κ3) is 3.67. The summed E-state index contributed by atoms with van der Waals surface area (Å²) in [5.41, 5.74) is -0.181. The van der Waals surface area contributed by atoms with Gasteiger partial charge < -0.3 is 15.1 Å². The Morgan fingerprint density at radius 2 is 1.85 bits per heavy atom. The van der Waals surface area contributed by atoms with Gasteiger partial charge in [0.05, 0.1) is 12.8 Å². The van der Waals surface area contributed by atoms with E-state index >= 15 is 0 Å². The zero-order valence-electron chi connectivity index (χ0n) is 15.6. The normalized spacial score (nSPS) is 33.0. The molecule has 5 nitrogen and oxygen atoms in total. The zero-order chi connectivity index (χ0) is 18.1. The Kier molecular flexibility index (Phi) is 4.80. The van der Waals surface area contributed by atoms with Crippen LogP contribution in [0.3, 0.4) is 0 Å². The smallest absolute Gasteiger partial charge is 0.239 e. The lowest BCUT2D eigenvalue weighted by atomic mass is 9.49. The molecule has 1 unspecified atom stereocenters. The van der Waals surface area contributed by atoms with E-state index in [-0.39, 0.29) is 29.8 Å². The van der Waals surface area contributed by atoms with Crippen LogP contribution in [0.25, 0.3) is 0 Å². The van der Waals surface area contributed by atoms with Gasteiger partial charge in [0.1, 0.15) is 5.76 Å². The molecule has 4 aliphatic carbocycles. The summed E-state index contributed by atoms with van der Waals surface area (Å²) in [4.78, 5) is 25.1. The van der Waals surface area contributed by atoms with E-state index in [2.05, 4.69) is 10.6 Å². The number of aryl methyl sites for hydroxylation is 1. The van der Waals surface area contributed by atoms with Crippen molar-refractivity contribution < 1.29 is 14.0 Å². The highest BCUT2D eigenvalue weighted by Crippen LogP contribution is 2.60. The maximum atomic E-state index is 12.9. The van der Waals surface area contributed by atoms with Gasteiger partial charge in [-0.15, -0.1) is 0 Å². The maximum Gasteiger partial charge on any atom is 0.239 e. The molecule has 26 heavy (non-hydrogen) atoms. The van der Waals surface area contributed by atoms with Crippen LogP contribution in [-0.2, 0) is 16.0 Å². The van der Waals surface area contributed by atoms with E-state index in [1.165, 1.54) is 19.3 Å². The van der Waals surface area contributed by atoms with Gasteiger partial charge in [-0.3, -0.25) is 9.59 Å². The quantitative estimate of drug-likeness (QED) is 0.787. The molecule has 2 N–H and O–H groups in total. The number of furan rings is 1. The van der Waals surface area contributed by atoms with Gasteiger partial charge in [0.2, 0.25) is 11.8 Å². The number of carbonyl (C=O) groups excluding carboxylic acids is 2. The van der Waals surface area contributed by atoms with Crippen LogP contribution in [0.4, 0.5) is 0 Å². The van der Waals surface area contributed by atoms with Crippen molar-refractivity contribution in [3.63, 3.8) is 0 Å². The lowest BCUT2D eigenvalue weighted by Crippen LogP contribution is -2.54. The van der Waals surface area contributed by atoms with E-state index in [0.717, 1.165) is 55.6 Å². The fraction of sp³-hybridized carbons (Fsp3) is 0.714. The molecule has 0 radical (unpaired) electrons. The van der Waals surface area contributed by atoms with Crippen LogP contribution in [0.2, 0.25) is 0 Å². The van der Waals surface area contributed by atoms with Crippen molar-refractivity contribution in [1.29, 1.82) is 0 Å². The topological polar surface area (TPSA) is 71.3 Å². The molecule has 4 bridgehead atoms. The largest absolute Gasteiger partial charge is 0.469 e. The van der Waals surface area contributed by atoms with Crippen molar-refractivity contribution in [1.82, 2.24) is 10.6 Å². The molecule has 0 aliphatic heterocycles. The van der Waals surface area contributed by atoms with Crippen LogP contribution >= 0.6 is 0 Å². The molecule has 1 aromatic rings. The highest BCUT2D eigenvalue weighted by atomic mass is 16.3. The van der Waals surface area contributed by atoms with Crippen molar-refractivity contribution in [3.05, 3.63) is 24.2 Å². The molecule has 1 aromatic heterocycles. The van der Waals surface area contributed by atoms with E-state index in [1.807, 2.05) is 19.1 Å². The summed E-state index contributed by atoms with van der Waals surface area (Å²) < 4.78 is 5.32. The number of hydrogen-bond acceptors (Lipinski definition) is 3. The Bertz CT molecular complexity index is 617. The molecule has 0 spiro atoms. The minimum absolute atomic E-state index is 0.0593. The average molecular weight is 358 g/mol. The first-order valence-corrected chi connectivity index (χ1v) is 10.1. The average Bonchev–Trinajstić information content (AvgIpc) is 3.10. The summed E-state index contributed by atoms with van der Waals surface area (Å²) in [5.74, 6) is 3.17. The monoisotopic (exact) mass is 358 g/mol. The molecule has 4 aliphatic rings. The first kappa shape index (κ1) is 17.6. The van der Waals surface area contributed by atoms with Gasteiger partial charge in [0.25, 0.3) is 0 Å². The minimum Gasteiger partial charge on any atom is -0.469 e. The van der Waals surface area contributed by atoms with Crippen LogP contribution in [0, 0.1) is 23.2 Å². The third-order valence-electron chi connectivity index (χ3n) is 6.74. The van der Waals surface area contributed by atoms with E-state index in [4.69, 9.17) is 4.42 Å². The molecule has 0 aromatic carbocycles. The number of rotatable bonds is 7. The molecule has 2 amide bonds. The molecule has 5 rings (SSSR count). The second kappa shape index (κ2) is 7.09. The molecule has 5 heteroatoms. The molecule has 0 saturated heterocycles. The van der Waals surface area contributed by atoms with E-state index in [0.29, 0.717) is 0 Å². The second-order valence-electron chi connectivity index (χ2n) is 8.97. The van der Waals surface area contributed by atoms with Crippen LogP contribution in [0.15, 0.2) is 22.8 Å². The van der Waals surface area contributed by atoms with Crippen LogP contribution < -0.4 is 10.6 Å². The zero-order valence-corrected chi connectivity index (χ0v) is 15.6. The Morgan fingerprint density at radius 1 is 1.19 bits per heavy atom. The number of nitrogens with one attached hydrogen (secondary N) is 2. The van der Waals surface area contributed by atoms with Crippen LogP contribution in [0.1, 0.15) is 57.6 Å².